The van der Waals surface area contributed by atoms with Crippen molar-refractivity contribution in [3.8, 4) is 5.69 Å². The molecule has 2 heterocycles. The van der Waals surface area contributed by atoms with E-state index in [1.165, 1.54) is 42.2 Å². The molecule has 1 amide bonds. The molecule has 1 aromatic heterocycles. The Morgan fingerprint density at radius 3 is 2.55 bits per heavy atom. The minimum Gasteiger partial charge on any atom is -0.379 e. The van der Waals surface area contributed by atoms with Crippen LogP contribution in [0.4, 0.5) is 0 Å². The number of nitrogens with zero attached hydrogens (tertiary/aromatic N) is 3. The van der Waals surface area contributed by atoms with Crippen LogP contribution in [-0.2, 0) is 9.53 Å². The number of benzene rings is 1. The van der Waals surface area contributed by atoms with E-state index in [0.29, 0.717) is 5.75 Å². The third kappa shape index (κ3) is 5.51. The largest absolute Gasteiger partial charge is 0.379 e. The zero-order valence-corrected chi connectivity index (χ0v) is 19.5. The number of imidazole rings is 1. The van der Waals surface area contributed by atoms with Crippen LogP contribution in [-0.4, -0.2) is 64.5 Å². The highest BCUT2D eigenvalue weighted by Crippen LogP contribution is 2.34. The lowest BCUT2D eigenvalue weighted by molar-refractivity contribution is -0.119. The van der Waals surface area contributed by atoms with E-state index in [9.17, 15) is 4.79 Å². The number of thioether (sulfide) groups is 1. The molecular formula is C24H34N4O2S. The average Bonchev–Trinajstić information content (AvgIpc) is 3.26. The fraction of sp³-hybridized carbons (Fsp3) is 0.583. The van der Waals surface area contributed by atoms with E-state index in [1.807, 2.05) is 6.20 Å². The molecule has 1 aromatic carbocycles. The van der Waals surface area contributed by atoms with Crippen molar-refractivity contribution in [1.29, 1.82) is 0 Å². The van der Waals surface area contributed by atoms with E-state index in [2.05, 4.69) is 51.8 Å². The van der Waals surface area contributed by atoms with Gasteiger partial charge in [0.05, 0.1) is 19.0 Å². The number of aryl methyl sites for hydroxylation is 2. The number of aromatic nitrogens is 2. The van der Waals surface area contributed by atoms with Crippen molar-refractivity contribution in [1.82, 2.24) is 19.8 Å². The van der Waals surface area contributed by atoms with Crippen molar-refractivity contribution in [2.45, 2.75) is 56.6 Å². The van der Waals surface area contributed by atoms with Crippen molar-refractivity contribution < 1.29 is 9.53 Å². The molecule has 1 aliphatic carbocycles. The molecule has 6 nitrogen and oxygen atoms in total. The second kappa shape index (κ2) is 10.2. The molecule has 31 heavy (non-hydrogen) atoms. The molecule has 4 rings (SSSR count). The predicted octanol–water partition coefficient (Wildman–Crippen LogP) is 3.73. The topological polar surface area (TPSA) is 59.4 Å². The molecule has 2 fully saturated rings. The molecule has 2 aromatic rings. The lowest BCUT2D eigenvalue weighted by atomic mass is 9.79. The van der Waals surface area contributed by atoms with Gasteiger partial charge in [-0.1, -0.05) is 37.1 Å². The summed E-state index contributed by atoms with van der Waals surface area (Å²) in [5.41, 5.74) is 3.63. The summed E-state index contributed by atoms with van der Waals surface area (Å²) >= 11 is 1.50. The normalized spacial score (nSPS) is 19.3. The van der Waals surface area contributed by atoms with Gasteiger partial charge in [0.25, 0.3) is 0 Å². The maximum absolute atomic E-state index is 12.7. The van der Waals surface area contributed by atoms with Crippen LogP contribution >= 0.6 is 11.8 Å². The van der Waals surface area contributed by atoms with Crippen molar-refractivity contribution in [3.63, 3.8) is 0 Å². The number of morpholine rings is 1. The Bertz CT molecular complexity index is 865. The average molecular weight is 443 g/mol. The van der Waals surface area contributed by atoms with Gasteiger partial charge in [-0.25, -0.2) is 4.98 Å². The second-order valence-corrected chi connectivity index (χ2v) is 9.82. The van der Waals surface area contributed by atoms with Crippen molar-refractivity contribution in [3.05, 3.63) is 41.7 Å². The molecular weight excluding hydrogens is 408 g/mol. The van der Waals surface area contributed by atoms with Crippen LogP contribution in [0.15, 0.2) is 35.7 Å². The number of ether oxygens (including phenoxy) is 1. The third-order valence-corrected chi connectivity index (χ3v) is 7.47. The first-order valence-corrected chi connectivity index (χ1v) is 12.4. The maximum atomic E-state index is 12.7. The van der Waals surface area contributed by atoms with Gasteiger partial charge in [0, 0.05) is 43.3 Å². The molecule has 1 saturated carbocycles. The van der Waals surface area contributed by atoms with E-state index < -0.39 is 0 Å². The Morgan fingerprint density at radius 2 is 1.84 bits per heavy atom. The maximum Gasteiger partial charge on any atom is 0.230 e. The number of carbonyl (C=O) groups is 1. The lowest BCUT2D eigenvalue weighted by Crippen LogP contribution is -2.59. The minimum absolute atomic E-state index is 0.0816. The van der Waals surface area contributed by atoms with Gasteiger partial charge >= 0.3 is 0 Å². The summed E-state index contributed by atoms with van der Waals surface area (Å²) in [6.45, 7) is 8.47. The van der Waals surface area contributed by atoms with Gasteiger partial charge in [-0.15, -0.1) is 0 Å². The molecule has 0 atom stereocenters. The summed E-state index contributed by atoms with van der Waals surface area (Å²) in [7, 11) is 0. The molecule has 0 bridgehead atoms. The summed E-state index contributed by atoms with van der Waals surface area (Å²) in [5, 5.41) is 4.10. The van der Waals surface area contributed by atoms with E-state index in [1.54, 1.807) is 6.20 Å². The summed E-state index contributed by atoms with van der Waals surface area (Å²) in [6, 6.07) is 6.46. The van der Waals surface area contributed by atoms with E-state index in [4.69, 9.17) is 4.74 Å². The summed E-state index contributed by atoms with van der Waals surface area (Å²) in [4.78, 5) is 19.8. The van der Waals surface area contributed by atoms with Crippen molar-refractivity contribution >= 4 is 17.7 Å². The summed E-state index contributed by atoms with van der Waals surface area (Å²) < 4.78 is 7.63. The smallest absolute Gasteiger partial charge is 0.230 e. The number of rotatable bonds is 7. The van der Waals surface area contributed by atoms with Crippen LogP contribution in [0, 0.1) is 13.8 Å². The van der Waals surface area contributed by atoms with Gasteiger partial charge in [0.2, 0.25) is 5.91 Å². The van der Waals surface area contributed by atoms with E-state index >= 15 is 0 Å². The number of amides is 1. The Hall–Kier alpha value is -1.83. The molecule has 1 N–H and O–H groups in total. The number of hydrogen-bond donors (Lipinski definition) is 1. The SMILES string of the molecule is Cc1cc(C)cc(-n2ccnc2SCC(=O)NCC2(N3CCOCC3)CCCCC2)c1. The van der Waals surface area contributed by atoms with Crippen molar-refractivity contribution in [2.75, 3.05) is 38.6 Å². The first kappa shape index (κ1) is 22.4. The Morgan fingerprint density at radius 1 is 1.13 bits per heavy atom. The van der Waals surface area contributed by atoms with Gasteiger partial charge in [0.15, 0.2) is 5.16 Å². The summed E-state index contributed by atoms with van der Waals surface area (Å²) in [5.74, 6) is 0.458. The Kier molecular flexibility index (Phi) is 7.35. The first-order chi connectivity index (χ1) is 15.1. The number of carbonyl (C=O) groups excluding carboxylic acids is 1. The van der Waals surface area contributed by atoms with Gasteiger partial charge in [-0.05, 0) is 49.9 Å². The molecule has 7 heteroatoms. The zero-order chi connectivity index (χ0) is 21.7. The molecule has 168 valence electrons. The van der Waals surface area contributed by atoms with Crippen LogP contribution < -0.4 is 5.32 Å². The fourth-order valence-electron chi connectivity index (χ4n) is 4.98. The molecule has 0 unspecified atom stereocenters. The predicted molar refractivity (Wildman–Crippen MR) is 125 cm³/mol. The quantitative estimate of drug-likeness (QED) is 0.662. The lowest BCUT2D eigenvalue weighted by Gasteiger charge is -2.48. The van der Waals surface area contributed by atoms with Gasteiger partial charge in [0.1, 0.15) is 0 Å². The van der Waals surface area contributed by atoms with Gasteiger partial charge in [-0.2, -0.15) is 0 Å². The highest BCUT2D eigenvalue weighted by molar-refractivity contribution is 7.99. The Labute approximate surface area is 189 Å². The first-order valence-electron chi connectivity index (χ1n) is 11.4. The standard InChI is InChI=1S/C24H34N4O2S/c1-19-14-20(2)16-21(15-19)28-9-8-25-23(28)31-17-22(29)26-18-24(6-4-3-5-7-24)27-10-12-30-13-11-27/h8-9,14-16H,3-7,10-13,17-18H2,1-2H3,(H,26,29). The molecule has 0 spiro atoms. The van der Waals surface area contributed by atoms with Crippen LogP contribution in [0.1, 0.15) is 43.2 Å². The van der Waals surface area contributed by atoms with Crippen LogP contribution in [0.2, 0.25) is 0 Å². The van der Waals surface area contributed by atoms with Crippen LogP contribution in [0.5, 0.6) is 0 Å². The zero-order valence-electron chi connectivity index (χ0n) is 18.7. The van der Waals surface area contributed by atoms with Gasteiger partial charge in [-0.3, -0.25) is 14.3 Å². The monoisotopic (exact) mass is 442 g/mol. The molecule has 0 radical (unpaired) electrons. The Balaban J connectivity index is 1.36. The molecule has 1 saturated heterocycles. The minimum atomic E-state index is 0.0816. The highest BCUT2D eigenvalue weighted by Gasteiger charge is 2.38. The van der Waals surface area contributed by atoms with Crippen LogP contribution in [0.3, 0.4) is 0 Å². The third-order valence-electron chi connectivity index (χ3n) is 6.50. The molecule has 2 aliphatic rings. The van der Waals surface area contributed by atoms with Crippen molar-refractivity contribution in [2.24, 2.45) is 0 Å². The second-order valence-electron chi connectivity index (χ2n) is 8.88. The summed E-state index contributed by atoms with van der Waals surface area (Å²) in [6.07, 6.45) is 9.88. The van der Waals surface area contributed by atoms with Crippen LogP contribution in [0.25, 0.3) is 5.69 Å². The van der Waals surface area contributed by atoms with E-state index in [-0.39, 0.29) is 11.4 Å². The fourth-order valence-corrected chi connectivity index (χ4v) is 5.78. The highest BCUT2D eigenvalue weighted by atomic mass is 32.2. The number of hydrogen-bond acceptors (Lipinski definition) is 5. The molecule has 1 aliphatic heterocycles. The van der Waals surface area contributed by atoms with Gasteiger partial charge < -0.3 is 10.1 Å². The number of nitrogens with one attached hydrogen (secondary N) is 1. The van der Waals surface area contributed by atoms with E-state index in [0.717, 1.165) is 56.5 Å².